The number of aromatic nitrogens is 1. The van der Waals surface area contributed by atoms with Crippen molar-refractivity contribution in [1.82, 2.24) is 14.8 Å². The molecule has 2 atom stereocenters. The molecule has 3 heterocycles. The monoisotopic (exact) mass is 407 g/mol. The van der Waals surface area contributed by atoms with Crippen molar-refractivity contribution in [3.8, 4) is 0 Å². The van der Waals surface area contributed by atoms with Crippen LogP contribution in [0.25, 0.3) is 10.9 Å². The predicted octanol–water partition coefficient (Wildman–Crippen LogP) is 3.91. The third kappa shape index (κ3) is 2.76. The lowest BCUT2D eigenvalue weighted by Gasteiger charge is -2.48. The van der Waals surface area contributed by atoms with Gasteiger partial charge in [0.1, 0.15) is 12.6 Å². The van der Waals surface area contributed by atoms with Crippen LogP contribution in [0, 0.1) is 0 Å². The van der Waals surface area contributed by atoms with Gasteiger partial charge in [-0.2, -0.15) is 0 Å². The highest BCUT2D eigenvalue weighted by atomic mass is 35.5. The molecule has 1 saturated heterocycles. The van der Waals surface area contributed by atoms with Crippen LogP contribution in [0.15, 0.2) is 48.5 Å². The largest absolute Gasteiger partial charge is 0.356 e. The molecule has 29 heavy (non-hydrogen) atoms. The molecule has 1 aromatic heterocycles. The van der Waals surface area contributed by atoms with Gasteiger partial charge in [0.2, 0.25) is 11.8 Å². The molecule has 3 aromatic rings. The molecule has 0 spiro atoms. The summed E-state index contributed by atoms with van der Waals surface area (Å²) in [5, 5.41) is 1.72. The Labute approximate surface area is 174 Å². The van der Waals surface area contributed by atoms with Crippen molar-refractivity contribution in [2.75, 3.05) is 6.54 Å². The minimum atomic E-state index is -0.505. The Morgan fingerprint density at radius 2 is 1.90 bits per heavy atom. The number of hydrogen-bond donors (Lipinski definition) is 1. The smallest absolute Gasteiger partial charge is 0.246 e. The van der Waals surface area contributed by atoms with Crippen LogP contribution < -0.4 is 0 Å². The highest BCUT2D eigenvalue weighted by molar-refractivity contribution is 6.30. The van der Waals surface area contributed by atoms with Crippen molar-refractivity contribution in [2.24, 2.45) is 0 Å². The minimum absolute atomic E-state index is 0.0115. The lowest BCUT2D eigenvalue weighted by Crippen LogP contribution is -2.64. The summed E-state index contributed by atoms with van der Waals surface area (Å²) in [7, 11) is 0. The first-order valence-corrected chi connectivity index (χ1v) is 10.3. The van der Waals surface area contributed by atoms with Gasteiger partial charge in [-0.15, -0.1) is 0 Å². The number of H-pyrrole nitrogens is 1. The lowest BCUT2D eigenvalue weighted by atomic mass is 9.86. The van der Waals surface area contributed by atoms with E-state index in [2.05, 4.69) is 11.1 Å². The van der Waals surface area contributed by atoms with Gasteiger partial charge in [0.25, 0.3) is 0 Å². The van der Waals surface area contributed by atoms with Crippen molar-refractivity contribution in [1.29, 1.82) is 0 Å². The average Bonchev–Trinajstić information content (AvgIpc) is 3.07. The van der Waals surface area contributed by atoms with E-state index in [0.717, 1.165) is 27.7 Å². The summed E-state index contributed by atoms with van der Waals surface area (Å²) in [5.41, 5.74) is 4.02. The molecule has 2 amide bonds. The van der Waals surface area contributed by atoms with Crippen LogP contribution in [0.4, 0.5) is 0 Å². The van der Waals surface area contributed by atoms with Gasteiger partial charge in [-0.05, 0) is 43.2 Å². The average molecular weight is 408 g/mol. The van der Waals surface area contributed by atoms with E-state index >= 15 is 0 Å². The van der Waals surface area contributed by atoms with E-state index in [1.165, 1.54) is 0 Å². The Bertz CT molecular complexity index is 1140. The summed E-state index contributed by atoms with van der Waals surface area (Å²) in [6, 6.07) is 14.8. The SMILES string of the molecule is CC(C)N1CC(=O)N2C(c3cccc(Cl)c3)c3[nH]c4ccccc4c3C[C@H]2C1=O. The van der Waals surface area contributed by atoms with Gasteiger partial charge in [-0.3, -0.25) is 9.59 Å². The molecule has 148 valence electrons. The van der Waals surface area contributed by atoms with Crippen LogP contribution in [0.5, 0.6) is 0 Å². The van der Waals surface area contributed by atoms with E-state index in [0.29, 0.717) is 11.4 Å². The van der Waals surface area contributed by atoms with Gasteiger partial charge in [-0.25, -0.2) is 0 Å². The minimum Gasteiger partial charge on any atom is -0.356 e. The van der Waals surface area contributed by atoms with Crippen molar-refractivity contribution >= 4 is 34.3 Å². The first-order valence-electron chi connectivity index (χ1n) is 9.92. The molecule has 1 N–H and O–H groups in total. The van der Waals surface area contributed by atoms with Crippen LogP contribution in [-0.2, 0) is 16.0 Å². The predicted molar refractivity (Wildman–Crippen MR) is 113 cm³/mol. The van der Waals surface area contributed by atoms with Crippen LogP contribution in [0.3, 0.4) is 0 Å². The first kappa shape index (κ1) is 18.3. The molecule has 1 fully saturated rings. The van der Waals surface area contributed by atoms with Gasteiger partial charge in [0.05, 0.1) is 6.04 Å². The zero-order chi connectivity index (χ0) is 20.3. The molecule has 0 saturated carbocycles. The summed E-state index contributed by atoms with van der Waals surface area (Å²) >= 11 is 6.29. The topological polar surface area (TPSA) is 56.4 Å². The lowest BCUT2D eigenvalue weighted by molar-refractivity contribution is -0.160. The van der Waals surface area contributed by atoms with Gasteiger partial charge in [-0.1, -0.05) is 41.9 Å². The van der Waals surface area contributed by atoms with E-state index in [-0.39, 0.29) is 30.4 Å². The van der Waals surface area contributed by atoms with Gasteiger partial charge in [0, 0.05) is 34.1 Å². The van der Waals surface area contributed by atoms with Crippen LogP contribution in [0.1, 0.15) is 36.7 Å². The fourth-order valence-corrected chi connectivity index (χ4v) is 4.95. The first-order chi connectivity index (χ1) is 14.0. The van der Waals surface area contributed by atoms with E-state index in [9.17, 15) is 9.59 Å². The number of benzene rings is 2. The fourth-order valence-electron chi connectivity index (χ4n) is 4.75. The number of carbonyl (C=O) groups excluding carboxylic acids is 2. The number of hydrogen-bond acceptors (Lipinski definition) is 2. The summed E-state index contributed by atoms with van der Waals surface area (Å²) in [6.07, 6.45) is 0.518. The zero-order valence-corrected chi connectivity index (χ0v) is 17.1. The second kappa shape index (κ2) is 6.63. The number of carbonyl (C=O) groups is 2. The maximum absolute atomic E-state index is 13.4. The van der Waals surface area contributed by atoms with Gasteiger partial charge >= 0.3 is 0 Å². The summed E-state index contributed by atoms with van der Waals surface area (Å²) in [6.45, 7) is 4.02. The number of nitrogens with one attached hydrogen (secondary N) is 1. The Kier molecular flexibility index (Phi) is 4.17. The van der Waals surface area contributed by atoms with E-state index in [1.54, 1.807) is 9.80 Å². The van der Waals surface area contributed by atoms with Crippen molar-refractivity contribution < 1.29 is 9.59 Å². The summed E-state index contributed by atoms with van der Waals surface area (Å²) in [4.78, 5) is 33.6. The van der Waals surface area contributed by atoms with Crippen molar-refractivity contribution in [2.45, 2.75) is 38.4 Å². The van der Waals surface area contributed by atoms with Crippen LogP contribution in [0.2, 0.25) is 5.02 Å². The maximum atomic E-state index is 13.4. The molecule has 0 aliphatic carbocycles. The summed E-state index contributed by atoms with van der Waals surface area (Å²) in [5.74, 6) is -0.0138. The molecule has 5 nitrogen and oxygen atoms in total. The number of rotatable bonds is 2. The summed E-state index contributed by atoms with van der Waals surface area (Å²) < 4.78 is 0. The number of amides is 2. The quantitative estimate of drug-likeness (QED) is 0.700. The number of aromatic amines is 1. The number of halogens is 1. The highest BCUT2D eigenvalue weighted by Gasteiger charge is 2.48. The standard InChI is InChI=1S/C23H22ClN3O2/c1-13(2)26-12-20(28)27-19(23(26)29)11-17-16-8-3-4-9-18(16)25-21(17)22(27)14-6-5-7-15(24)10-14/h3-10,13,19,22,25H,11-12H2,1-2H3/t19-,22?/m0/s1. The molecule has 1 unspecified atom stereocenters. The zero-order valence-electron chi connectivity index (χ0n) is 16.4. The third-order valence-corrected chi connectivity index (χ3v) is 6.32. The Hall–Kier alpha value is -2.79. The van der Waals surface area contributed by atoms with E-state index in [4.69, 9.17) is 11.6 Å². The second-order valence-corrected chi connectivity index (χ2v) is 8.54. The molecule has 0 bridgehead atoms. The molecular formula is C23H22ClN3O2. The Morgan fingerprint density at radius 1 is 1.10 bits per heavy atom. The number of fused-ring (bicyclic) bond motifs is 4. The molecule has 5 rings (SSSR count). The molecule has 2 aromatic carbocycles. The molecule has 2 aliphatic heterocycles. The normalized spacial score (nSPS) is 21.7. The molecule has 2 aliphatic rings. The third-order valence-electron chi connectivity index (χ3n) is 6.08. The second-order valence-electron chi connectivity index (χ2n) is 8.10. The fraction of sp³-hybridized carbons (Fsp3) is 0.304. The van der Waals surface area contributed by atoms with Crippen molar-refractivity contribution in [3.05, 3.63) is 70.4 Å². The van der Waals surface area contributed by atoms with Crippen LogP contribution in [-0.4, -0.2) is 45.2 Å². The Balaban J connectivity index is 1.74. The van der Waals surface area contributed by atoms with Gasteiger partial charge in [0.15, 0.2) is 0 Å². The molecular weight excluding hydrogens is 386 g/mol. The number of nitrogens with zero attached hydrogens (tertiary/aromatic N) is 2. The van der Waals surface area contributed by atoms with Gasteiger partial charge < -0.3 is 14.8 Å². The number of para-hydroxylation sites is 1. The Morgan fingerprint density at radius 3 is 2.66 bits per heavy atom. The van der Waals surface area contributed by atoms with E-state index in [1.807, 2.05) is 56.3 Å². The molecule has 0 radical (unpaired) electrons. The van der Waals surface area contributed by atoms with Crippen molar-refractivity contribution in [3.63, 3.8) is 0 Å². The highest BCUT2D eigenvalue weighted by Crippen LogP contribution is 2.43. The number of piperazine rings is 1. The van der Waals surface area contributed by atoms with Crippen LogP contribution >= 0.6 is 11.6 Å². The molecule has 6 heteroatoms. The van der Waals surface area contributed by atoms with E-state index < -0.39 is 6.04 Å². The maximum Gasteiger partial charge on any atom is 0.246 e.